The molecule has 35 heavy (non-hydrogen) atoms. The Kier molecular flexibility index (Phi) is 5.87. The molecule has 182 valence electrons. The van der Waals surface area contributed by atoms with Crippen LogP contribution < -0.4 is 5.32 Å². The van der Waals surface area contributed by atoms with E-state index in [1.807, 2.05) is 0 Å². The highest BCUT2D eigenvalue weighted by Gasteiger charge is 2.42. The van der Waals surface area contributed by atoms with E-state index in [0.29, 0.717) is 4.68 Å². The van der Waals surface area contributed by atoms with Gasteiger partial charge in [-0.05, 0) is 38.1 Å². The van der Waals surface area contributed by atoms with Gasteiger partial charge in [0.15, 0.2) is 11.5 Å². The molecule has 0 saturated carbocycles. The first-order chi connectivity index (χ1) is 16.4. The third-order valence-electron chi connectivity index (χ3n) is 5.40. The largest absolute Gasteiger partial charge is 0.433 e. The van der Waals surface area contributed by atoms with Crippen LogP contribution in [0.25, 0.3) is 5.82 Å². The van der Waals surface area contributed by atoms with Crippen LogP contribution in [0, 0.1) is 24.5 Å². The number of hydrazone groups is 1. The van der Waals surface area contributed by atoms with Gasteiger partial charge in [0.1, 0.15) is 28.6 Å². The number of alkyl halides is 3. The van der Waals surface area contributed by atoms with Crippen molar-refractivity contribution < 1.29 is 31.5 Å². The summed E-state index contributed by atoms with van der Waals surface area (Å²) in [5, 5.41) is 11.4. The molecule has 4 rings (SSSR count). The third-order valence-corrected chi connectivity index (χ3v) is 5.40. The summed E-state index contributed by atoms with van der Waals surface area (Å²) < 4.78 is 70.0. The van der Waals surface area contributed by atoms with Gasteiger partial charge in [-0.1, -0.05) is 6.07 Å². The molecule has 0 spiro atoms. The molecule has 0 radical (unpaired) electrons. The zero-order valence-corrected chi connectivity index (χ0v) is 18.5. The zero-order valence-electron chi connectivity index (χ0n) is 18.5. The lowest BCUT2D eigenvalue weighted by Gasteiger charge is -2.11. The number of hydrogen-bond acceptors (Lipinski definition) is 5. The molecule has 0 aliphatic carbocycles. The van der Waals surface area contributed by atoms with Crippen molar-refractivity contribution in [1.82, 2.24) is 19.8 Å². The zero-order chi connectivity index (χ0) is 25.7. The molecule has 13 heteroatoms. The lowest BCUT2D eigenvalue weighted by atomic mass is 10.00. The smallest absolute Gasteiger partial charge is 0.320 e. The van der Waals surface area contributed by atoms with E-state index < -0.39 is 40.9 Å². The van der Waals surface area contributed by atoms with Crippen molar-refractivity contribution in [2.24, 2.45) is 11.0 Å². The SMILES string of the molecule is Cc1c(C2=NN(C)C(=O)C2C)nn(-c2ccc(NC(=O)c3c(F)cccc3F)cn2)c1C(F)(F)F. The summed E-state index contributed by atoms with van der Waals surface area (Å²) in [6, 6.07) is 5.29. The standard InChI is InChI=1S/C22H17F5N6O2/c1-10-17(18-11(2)21(35)32(3)30-18)31-33(19(10)22(25,26)27)15-8-7-12(9-28-15)29-20(34)16-13(23)5-4-6-14(16)24/h4-9,11H,1-3H3,(H,29,34). The molecule has 2 amide bonds. The van der Waals surface area contributed by atoms with E-state index in [-0.39, 0.29) is 34.4 Å². The Labute approximate surface area is 195 Å². The van der Waals surface area contributed by atoms with Gasteiger partial charge in [-0.2, -0.15) is 23.4 Å². The molecular weight excluding hydrogens is 475 g/mol. The molecule has 0 fully saturated rings. The molecular formula is C22H17F5N6O2. The summed E-state index contributed by atoms with van der Waals surface area (Å²) in [7, 11) is 1.39. The van der Waals surface area contributed by atoms with Crippen LogP contribution in [-0.4, -0.2) is 44.3 Å². The van der Waals surface area contributed by atoms with Gasteiger partial charge in [0.2, 0.25) is 0 Å². The second-order valence-electron chi connectivity index (χ2n) is 7.76. The molecule has 1 aliphatic heterocycles. The van der Waals surface area contributed by atoms with Crippen molar-refractivity contribution in [3.63, 3.8) is 0 Å². The Morgan fingerprint density at radius 2 is 1.77 bits per heavy atom. The highest BCUT2D eigenvalue weighted by molar-refractivity contribution is 6.15. The fraction of sp³-hybridized carbons (Fsp3) is 0.227. The van der Waals surface area contributed by atoms with Gasteiger partial charge in [0.25, 0.3) is 11.8 Å². The molecule has 1 unspecified atom stereocenters. The summed E-state index contributed by atoms with van der Waals surface area (Å²) >= 11 is 0. The minimum absolute atomic E-state index is 0.0138. The van der Waals surface area contributed by atoms with Crippen molar-refractivity contribution in [3.8, 4) is 5.82 Å². The summed E-state index contributed by atoms with van der Waals surface area (Å²) in [4.78, 5) is 28.3. The number of pyridine rings is 1. The van der Waals surface area contributed by atoms with Crippen LogP contribution in [0.5, 0.6) is 0 Å². The Morgan fingerprint density at radius 1 is 1.11 bits per heavy atom. The van der Waals surface area contributed by atoms with Crippen molar-refractivity contribution in [1.29, 1.82) is 0 Å². The quantitative estimate of drug-likeness (QED) is 0.559. The predicted octanol–water partition coefficient (Wildman–Crippen LogP) is 3.94. The maximum atomic E-state index is 13.9. The monoisotopic (exact) mass is 492 g/mol. The van der Waals surface area contributed by atoms with Crippen molar-refractivity contribution in [3.05, 3.63) is 70.7 Å². The summed E-state index contributed by atoms with van der Waals surface area (Å²) in [5.41, 5.74) is -2.18. The van der Waals surface area contributed by atoms with Crippen LogP contribution >= 0.6 is 0 Å². The number of amides is 2. The Bertz CT molecular complexity index is 1340. The highest BCUT2D eigenvalue weighted by Crippen LogP contribution is 2.36. The maximum Gasteiger partial charge on any atom is 0.433 e. The van der Waals surface area contributed by atoms with E-state index in [9.17, 15) is 31.5 Å². The van der Waals surface area contributed by atoms with E-state index >= 15 is 0 Å². The molecule has 1 atom stereocenters. The van der Waals surface area contributed by atoms with Gasteiger partial charge in [0, 0.05) is 12.6 Å². The van der Waals surface area contributed by atoms with E-state index in [0.717, 1.165) is 35.5 Å². The van der Waals surface area contributed by atoms with Crippen LogP contribution in [0.4, 0.5) is 27.6 Å². The fourth-order valence-corrected chi connectivity index (χ4v) is 3.68. The minimum atomic E-state index is -4.81. The maximum absolute atomic E-state index is 13.9. The second kappa shape index (κ2) is 8.56. The average molecular weight is 492 g/mol. The van der Waals surface area contributed by atoms with Crippen LogP contribution in [0.2, 0.25) is 0 Å². The lowest BCUT2D eigenvalue weighted by molar-refractivity contribution is -0.143. The summed E-state index contributed by atoms with van der Waals surface area (Å²) in [6.07, 6.45) is -3.79. The van der Waals surface area contributed by atoms with Crippen LogP contribution in [0.1, 0.15) is 34.2 Å². The van der Waals surface area contributed by atoms with E-state index in [1.54, 1.807) is 0 Å². The average Bonchev–Trinajstić information content (AvgIpc) is 3.25. The number of nitrogens with zero attached hydrogens (tertiary/aromatic N) is 5. The number of nitrogens with one attached hydrogen (secondary N) is 1. The first-order valence-corrected chi connectivity index (χ1v) is 10.1. The summed E-state index contributed by atoms with van der Waals surface area (Å²) in [6.45, 7) is 2.74. The van der Waals surface area contributed by atoms with E-state index in [2.05, 4.69) is 20.5 Å². The van der Waals surface area contributed by atoms with Crippen molar-refractivity contribution in [2.75, 3.05) is 12.4 Å². The third kappa shape index (κ3) is 4.24. The number of anilines is 1. The van der Waals surface area contributed by atoms with Gasteiger partial charge in [-0.15, -0.1) is 0 Å². The Balaban J connectivity index is 1.69. The number of carbonyl (C=O) groups excluding carboxylic acids is 2. The second-order valence-corrected chi connectivity index (χ2v) is 7.76. The Morgan fingerprint density at radius 3 is 2.29 bits per heavy atom. The molecule has 1 N–H and O–H groups in total. The number of hydrogen-bond donors (Lipinski definition) is 1. The van der Waals surface area contributed by atoms with Crippen LogP contribution in [0.15, 0.2) is 41.6 Å². The molecule has 8 nitrogen and oxygen atoms in total. The minimum Gasteiger partial charge on any atom is -0.320 e. The molecule has 0 saturated heterocycles. The number of carbonyl (C=O) groups is 2. The number of aromatic nitrogens is 3. The first-order valence-electron chi connectivity index (χ1n) is 10.1. The van der Waals surface area contributed by atoms with E-state index in [1.165, 1.54) is 27.0 Å². The van der Waals surface area contributed by atoms with Crippen molar-refractivity contribution >= 4 is 23.2 Å². The normalized spacial score (nSPS) is 16.0. The Hall–Kier alpha value is -4.16. The fourth-order valence-electron chi connectivity index (χ4n) is 3.68. The van der Waals surface area contributed by atoms with Gasteiger partial charge < -0.3 is 5.32 Å². The van der Waals surface area contributed by atoms with Crippen molar-refractivity contribution in [2.45, 2.75) is 20.0 Å². The molecule has 3 aromatic rings. The molecule has 1 aliphatic rings. The summed E-state index contributed by atoms with van der Waals surface area (Å²) in [5.74, 6) is -4.65. The van der Waals surface area contributed by atoms with Gasteiger partial charge in [-0.3, -0.25) is 9.59 Å². The molecule has 3 heterocycles. The van der Waals surface area contributed by atoms with Crippen LogP contribution in [-0.2, 0) is 11.0 Å². The topological polar surface area (TPSA) is 92.5 Å². The van der Waals surface area contributed by atoms with Gasteiger partial charge in [0.05, 0.1) is 17.8 Å². The number of halogens is 5. The number of rotatable bonds is 4. The first kappa shape index (κ1) is 24.0. The molecule has 1 aromatic carbocycles. The number of benzene rings is 1. The van der Waals surface area contributed by atoms with Crippen LogP contribution in [0.3, 0.4) is 0 Å². The predicted molar refractivity (Wildman–Crippen MR) is 114 cm³/mol. The van der Waals surface area contributed by atoms with Gasteiger partial charge in [-0.25, -0.2) is 23.5 Å². The van der Waals surface area contributed by atoms with Gasteiger partial charge >= 0.3 is 6.18 Å². The lowest BCUT2D eigenvalue weighted by Crippen LogP contribution is -2.23. The van der Waals surface area contributed by atoms with E-state index in [4.69, 9.17) is 0 Å². The highest BCUT2D eigenvalue weighted by atomic mass is 19.4. The molecule has 0 bridgehead atoms. The molecule has 2 aromatic heterocycles.